The zero-order valence-electron chi connectivity index (χ0n) is 14.8. The Morgan fingerprint density at radius 1 is 1.11 bits per heavy atom. The number of amides is 1. The number of carbonyl (C=O) groups excluding carboxylic acids is 1. The van der Waals surface area contributed by atoms with E-state index in [9.17, 15) is 4.79 Å². The lowest BCUT2D eigenvalue weighted by atomic mass is 10.1. The molecule has 3 rings (SSSR count). The van der Waals surface area contributed by atoms with Gasteiger partial charge >= 0.3 is 0 Å². The molecular weight excluding hydrogens is 364 g/mol. The zero-order valence-corrected chi connectivity index (χ0v) is 15.5. The second-order valence-electron chi connectivity index (χ2n) is 5.78. The lowest BCUT2D eigenvalue weighted by Crippen LogP contribution is -2.15. The van der Waals surface area contributed by atoms with E-state index < -0.39 is 0 Å². The monoisotopic (exact) mass is 382 g/mol. The normalized spacial score (nSPS) is 10.3. The van der Waals surface area contributed by atoms with Crippen LogP contribution in [0.1, 0.15) is 16.1 Å². The van der Waals surface area contributed by atoms with E-state index in [0.29, 0.717) is 23.8 Å². The molecule has 2 aromatic carbocycles. The van der Waals surface area contributed by atoms with Crippen LogP contribution in [0.4, 0.5) is 11.5 Å². The average Bonchev–Trinajstić information content (AvgIpc) is 2.70. The number of carbonyl (C=O) groups is 1. The molecule has 7 heteroatoms. The molecule has 0 fully saturated rings. The van der Waals surface area contributed by atoms with Gasteiger partial charge in [0, 0.05) is 23.3 Å². The van der Waals surface area contributed by atoms with Crippen LogP contribution in [-0.4, -0.2) is 29.5 Å². The molecule has 0 saturated carbocycles. The Labute approximate surface area is 162 Å². The number of ether oxygens (including phenoxy) is 1. The highest BCUT2D eigenvalue weighted by molar-refractivity contribution is 6.30. The van der Waals surface area contributed by atoms with Crippen molar-refractivity contribution in [2.75, 3.05) is 24.3 Å². The lowest BCUT2D eigenvalue weighted by molar-refractivity contribution is 0.102. The fraction of sp³-hybridized carbons (Fsp3) is 0.150. The molecule has 2 N–H and O–H groups in total. The van der Waals surface area contributed by atoms with Crippen LogP contribution in [0.15, 0.2) is 60.9 Å². The third-order valence-corrected chi connectivity index (χ3v) is 4.10. The van der Waals surface area contributed by atoms with Crippen LogP contribution in [0.2, 0.25) is 5.02 Å². The number of aromatic nitrogens is 2. The molecule has 138 valence electrons. The highest BCUT2D eigenvalue weighted by Gasteiger charge is 2.09. The van der Waals surface area contributed by atoms with Crippen LogP contribution in [0.25, 0.3) is 0 Å². The number of hydrogen-bond acceptors (Lipinski definition) is 5. The molecule has 0 aliphatic heterocycles. The molecule has 6 nitrogen and oxygen atoms in total. The van der Waals surface area contributed by atoms with Gasteiger partial charge < -0.3 is 15.4 Å². The van der Waals surface area contributed by atoms with Crippen LogP contribution in [-0.2, 0) is 6.42 Å². The summed E-state index contributed by atoms with van der Waals surface area (Å²) in [5.74, 6) is 0.949. The summed E-state index contributed by atoms with van der Waals surface area (Å²) in [6.07, 6.45) is 3.82. The van der Waals surface area contributed by atoms with Crippen LogP contribution in [0.5, 0.6) is 5.75 Å². The number of rotatable bonds is 7. The first-order valence-electron chi connectivity index (χ1n) is 8.40. The summed E-state index contributed by atoms with van der Waals surface area (Å²) in [5.41, 5.74) is 2.04. The number of nitrogens with one attached hydrogen (secondary N) is 2. The van der Waals surface area contributed by atoms with Crippen LogP contribution < -0.4 is 15.4 Å². The van der Waals surface area contributed by atoms with Crippen LogP contribution >= 0.6 is 11.6 Å². The van der Waals surface area contributed by atoms with Crippen molar-refractivity contribution in [3.05, 3.63) is 77.2 Å². The van der Waals surface area contributed by atoms with Crippen molar-refractivity contribution < 1.29 is 9.53 Å². The Hall–Kier alpha value is -3.12. The highest BCUT2D eigenvalue weighted by Crippen LogP contribution is 2.17. The molecule has 0 saturated heterocycles. The molecule has 0 atom stereocenters. The van der Waals surface area contributed by atoms with E-state index >= 15 is 0 Å². The quantitative estimate of drug-likeness (QED) is 0.644. The molecule has 1 heterocycles. The molecule has 27 heavy (non-hydrogen) atoms. The van der Waals surface area contributed by atoms with Gasteiger partial charge in [0.05, 0.1) is 19.5 Å². The van der Waals surface area contributed by atoms with Gasteiger partial charge in [0.1, 0.15) is 17.3 Å². The fourth-order valence-electron chi connectivity index (χ4n) is 2.42. The number of anilines is 2. The molecule has 0 bridgehead atoms. The van der Waals surface area contributed by atoms with Crippen molar-refractivity contribution in [2.24, 2.45) is 0 Å². The zero-order chi connectivity index (χ0) is 19.1. The van der Waals surface area contributed by atoms with E-state index in [0.717, 1.165) is 11.4 Å². The Morgan fingerprint density at radius 2 is 1.93 bits per heavy atom. The van der Waals surface area contributed by atoms with Gasteiger partial charge in [-0.05, 0) is 36.2 Å². The number of benzene rings is 2. The van der Waals surface area contributed by atoms with Crippen molar-refractivity contribution in [1.29, 1.82) is 0 Å². The van der Waals surface area contributed by atoms with Gasteiger partial charge in [-0.15, -0.1) is 0 Å². The predicted molar refractivity (Wildman–Crippen MR) is 107 cm³/mol. The van der Waals surface area contributed by atoms with E-state index in [-0.39, 0.29) is 11.6 Å². The minimum atomic E-state index is -0.330. The van der Waals surface area contributed by atoms with Gasteiger partial charge in [-0.2, -0.15) is 0 Å². The largest absolute Gasteiger partial charge is 0.497 e. The van der Waals surface area contributed by atoms with Gasteiger partial charge in [-0.3, -0.25) is 4.79 Å². The molecule has 3 aromatic rings. The molecular formula is C20H19ClN4O2. The van der Waals surface area contributed by atoms with E-state index in [1.807, 2.05) is 24.3 Å². The summed E-state index contributed by atoms with van der Waals surface area (Å²) in [6.45, 7) is 0.700. The predicted octanol–water partition coefficient (Wildman–Crippen LogP) is 4.05. The summed E-state index contributed by atoms with van der Waals surface area (Å²) in [5, 5.41) is 6.68. The first kappa shape index (κ1) is 18.7. The number of hydrogen-bond donors (Lipinski definition) is 2. The molecule has 0 radical (unpaired) electrons. The molecule has 0 unspecified atom stereocenters. The fourth-order valence-corrected chi connectivity index (χ4v) is 2.54. The third kappa shape index (κ3) is 5.43. The first-order valence-corrected chi connectivity index (χ1v) is 8.77. The van der Waals surface area contributed by atoms with Crippen LogP contribution in [0.3, 0.4) is 0 Å². The van der Waals surface area contributed by atoms with E-state index in [2.05, 4.69) is 20.6 Å². The molecule has 0 aliphatic rings. The van der Waals surface area contributed by atoms with Crippen molar-refractivity contribution in [2.45, 2.75) is 6.42 Å². The molecule has 0 aliphatic carbocycles. The van der Waals surface area contributed by atoms with Gasteiger partial charge in [-0.25, -0.2) is 9.97 Å². The number of halogens is 1. The maximum Gasteiger partial charge on any atom is 0.275 e. The second-order valence-corrected chi connectivity index (χ2v) is 6.21. The topological polar surface area (TPSA) is 76.1 Å². The Kier molecular flexibility index (Phi) is 6.22. The van der Waals surface area contributed by atoms with Gasteiger partial charge in [0.25, 0.3) is 5.91 Å². The molecule has 1 amide bonds. The Balaban J connectivity index is 1.53. The average molecular weight is 383 g/mol. The van der Waals surface area contributed by atoms with E-state index in [1.54, 1.807) is 37.6 Å². The third-order valence-electron chi connectivity index (χ3n) is 3.85. The summed E-state index contributed by atoms with van der Waals surface area (Å²) < 4.78 is 5.14. The standard InChI is InChI=1S/C20H19ClN4O2/c1-27-17-4-2-3-16(11-17)25-20(26)18-12-24-19(13-23-18)22-10-9-14-5-7-15(21)8-6-14/h2-8,11-13H,9-10H2,1H3,(H,22,24)(H,25,26). The van der Waals surface area contributed by atoms with Crippen molar-refractivity contribution in [3.63, 3.8) is 0 Å². The van der Waals surface area contributed by atoms with Crippen LogP contribution in [0, 0.1) is 0 Å². The molecule has 0 spiro atoms. The van der Waals surface area contributed by atoms with Crippen molar-refractivity contribution >= 4 is 29.0 Å². The van der Waals surface area contributed by atoms with Gasteiger partial charge in [-0.1, -0.05) is 29.8 Å². The van der Waals surface area contributed by atoms with Crippen molar-refractivity contribution in [3.8, 4) is 5.75 Å². The van der Waals surface area contributed by atoms with E-state index in [4.69, 9.17) is 16.3 Å². The summed E-state index contributed by atoms with van der Waals surface area (Å²) in [4.78, 5) is 20.7. The number of methoxy groups -OCH3 is 1. The first-order chi connectivity index (χ1) is 13.1. The summed E-state index contributed by atoms with van der Waals surface area (Å²) in [7, 11) is 1.57. The Bertz CT molecular complexity index is 899. The van der Waals surface area contributed by atoms with Gasteiger partial charge in [0.15, 0.2) is 0 Å². The Morgan fingerprint density at radius 3 is 2.63 bits per heavy atom. The van der Waals surface area contributed by atoms with Gasteiger partial charge in [0.2, 0.25) is 0 Å². The maximum atomic E-state index is 12.3. The highest BCUT2D eigenvalue weighted by atomic mass is 35.5. The maximum absolute atomic E-state index is 12.3. The SMILES string of the molecule is COc1cccc(NC(=O)c2cnc(NCCc3ccc(Cl)cc3)cn2)c1. The number of nitrogens with zero attached hydrogens (tertiary/aromatic N) is 2. The van der Waals surface area contributed by atoms with Crippen molar-refractivity contribution in [1.82, 2.24) is 9.97 Å². The minimum absolute atomic E-state index is 0.237. The lowest BCUT2D eigenvalue weighted by Gasteiger charge is -2.08. The van der Waals surface area contributed by atoms with E-state index in [1.165, 1.54) is 11.8 Å². The second kappa shape index (κ2) is 9.00. The minimum Gasteiger partial charge on any atom is -0.497 e. The smallest absolute Gasteiger partial charge is 0.275 e. The summed E-state index contributed by atoms with van der Waals surface area (Å²) >= 11 is 5.88. The summed E-state index contributed by atoms with van der Waals surface area (Å²) in [6, 6.07) is 14.8. The molecule has 1 aromatic heterocycles.